The number of nitrogens with zero attached hydrogens (tertiary/aromatic N) is 2. The number of β-amino-alcohol motifs (C(OH)–C–C–N with tert-alkyl or cyclic N) is 5. The van der Waals surface area contributed by atoms with E-state index in [0.717, 1.165) is 21.9 Å². The molecule has 0 aromatic heterocycles. The molecule has 1 unspecified atom stereocenters. The smallest absolute Gasteiger partial charge is 0.253 e. The molecule has 18 atom stereocenters. The van der Waals surface area contributed by atoms with Gasteiger partial charge in [-0.1, -0.05) is 32.0 Å². The molecule has 5 aliphatic heterocycles. The average molecular weight is 1100 g/mol. The van der Waals surface area contributed by atoms with E-state index < -0.39 is 140 Å². The van der Waals surface area contributed by atoms with E-state index >= 15 is 0 Å². The first-order valence-electron chi connectivity index (χ1n) is 24.7. The first kappa shape index (κ1) is 65.5. The largest absolute Gasteiger partial charge is 0.390 e. The molecule has 0 spiro atoms. The zero-order chi connectivity index (χ0) is 56.4. The Labute approximate surface area is 429 Å². The van der Waals surface area contributed by atoms with Crippen LogP contribution in [-0.2, 0) is 4.79 Å². The number of halogens is 9. The van der Waals surface area contributed by atoms with Gasteiger partial charge in [-0.05, 0) is 42.7 Å². The number of rotatable bonds is 9. The van der Waals surface area contributed by atoms with Gasteiger partial charge in [-0.2, -0.15) is 0 Å². The highest BCUT2D eigenvalue weighted by Crippen LogP contribution is 2.32. The van der Waals surface area contributed by atoms with Crippen molar-refractivity contribution in [3.63, 3.8) is 0 Å². The number of piperidine rings is 5. The van der Waals surface area contributed by atoms with E-state index in [1.54, 1.807) is 44.2 Å². The SMILES string of the molecule is CC(=O)N1C[C@@H](O)[C@H](O)[C@@H](C(F)F)C1.CC[C@@H](F)[C@H]1CNC[C@@H](O)[C@@H]1O.CC[C@H](F)[C@H]1CNC[C@@H](O)[C@@H]1O.O=C(c1ccccc1)N1C[C@@H](O)[C@H](O)[C@@H](C(F)F)C1.O[C@H]1[C@H](O)CNC[C@@H]1C(F)c1cc(F)cc(F)c1. The first-order valence-corrected chi connectivity index (χ1v) is 24.7. The van der Waals surface area contributed by atoms with Crippen molar-refractivity contribution in [3.8, 4) is 0 Å². The van der Waals surface area contributed by atoms with Crippen LogP contribution >= 0.6 is 0 Å². The number of aliphatic hydroxyl groups excluding tert-OH is 10. The maximum Gasteiger partial charge on any atom is 0.253 e. The molecule has 5 fully saturated rings. The number of hydrogen-bond donors (Lipinski definition) is 13. The van der Waals surface area contributed by atoms with Gasteiger partial charge < -0.3 is 76.8 Å². The Balaban J connectivity index is 0.000000250. The molecule has 13 N–H and O–H groups in total. The van der Waals surface area contributed by atoms with Crippen molar-refractivity contribution in [2.24, 2.45) is 29.6 Å². The summed E-state index contributed by atoms with van der Waals surface area (Å²) in [7, 11) is 0. The van der Waals surface area contributed by atoms with Gasteiger partial charge in [0.15, 0.2) is 0 Å². The summed E-state index contributed by atoms with van der Waals surface area (Å²) in [5, 5.41) is 102. The molecule has 2 amide bonds. The number of alkyl halides is 7. The highest BCUT2D eigenvalue weighted by atomic mass is 19.3. The van der Waals surface area contributed by atoms with Crippen LogP contribution in [0.25, 0.3) is 0 Å². The number of hydrogen-bond acceptors (Lipinski definition) is 15. The van der Waals surface area contributed by atoms with Crippen LogP contribution in [0.15, 0.2) is 48.5 Å². The predicted molar refractivity (Wildman–Crippen MR) is 253 cm³/mol. The molecule has 430 valence electrons. The lowest BCUT2D eigenvalue weighted by Gasteiger charge is -2.38. The van der Waals surface area contributed by atoms with Gasteiger partial charge in [0.25, 0.3) is 5.91 Å². The minimum absolute atomic E-state index is 0.0836. The average Bonchev–Trinajstić information content (AvgIpc) is 3.37. The molecule has 5 heterocycles. The minimum Gasteiger partial charge on any atom is -0.390 e. The molecule has 0 bridgehead atoms. The Morgan fingerprint density at radius 3 is 1.25 bits per heavy atom. The topological polar surface area (TPSA) is 279 Å². The van der Waals surface area contributed by atoms with Crippen molar-refractivity contribution in [2.45, 2.75) is 126 Å². The van der Waals surface area contributed by atoms with Gasteiger partial charge >= 0.3 is 0 Å². The Morgan fingerprint density at radius 1 is 0.507 bits per heavy atom. The Hall–Kier alpha value is -3.77. The Kier molecular flexibility index (Phi) is 27.6. The van der Waals surface area contributed by atoms with Crippen LogP contribution in [0, 0.1) is 41.2 Å². The van der Waals surface area contributed by atoms with Crippen molar-refractivity contribution in [2.75, 3.05) is 65.4 Å². The lowest BCUT2D eigenvalue weighted by atomic mass is 9.86. The van der Waals surface area contributed by atoms with Crippen molar-refractivity contribution < 1.29 is 100 Å². The van der Waals surface area contributed by atoms with E-state index in [2.05, 4.69) is 16.0 Å². The number of likely N-dealkylation sites (tertiary alicyclic amines) is 2. The Morgan fingerprint density at radius 2 is 0.867 bits per heavy atom. The number of nitrogens with one attached hydrogen (secondary N) is 3. The third kappa shape index (κ3) is 19.3. The lowest BCUT2D eigenvalue weighted by Crippen LogP contribution is -2.56. The molecule has 17 nitrogen and oxygen atoms in total. The fraction of sp³-hybridized carbons (Fsp3) is 0.714. The molecule has 5 aliphatic rings. The van der Waals surface area contributed by atoms with E-state index in [0.29, 0.717) is 50.7 Å². The summed E-state index contributed by atoms with van der Waals surface area (Å²) >= 11 is 0. The second-order valence-electron chi connectivity index (χ2n) is 19.2. The number of aliphatic hydroxyl groups is 10. The molecular weight excluding hydrogens is 1020 g/mol. The fourth-order valence-corrected chi connectivity index (χ4v) is 9.08. The molecular formula is C49H74F9N5O12. The Bertz CT molecular complexity index is 1930. The summed E-state index contributed by atoms with van der Waals surface area (Å²) in [6.07, 6.45) is -19.9. The van der Waals surface area contributed by atoms with Crippen LogP contribution in [-0.4, -0.2) is 224 Å². The van der Waals surface area contributed by atoms with Gasteiger partial charge in [0.1, 0.15) is 30.1 Å². The molecule has 2 aromatic rings. The lowest BCUT2D eigenvalue weighted by molar-refractivity contribution is -0.148. The van der Waals surface area contributed by atoms with E-state index in [9.17, 15) is 100 Å². The summed E-state index contributed by atoms with van der Waals surface area (Å²) in [6.45, 7) is 5.94. The van der Waals surface area contributed by atoms with Crippen LogP contribution in [0.2, 0.25) is 0 Å². The number of amides is 2. The fourth-order valence-electron chi connectivity index (χ4n) is 9.08. The first-order chi connectivity index (χ1) is 35.2. The van der Waals surface area contributed by atoms with Crippen molar-refractivity contribution in [1.82, 2.24) is 25.8 Å². The number of benzene rings is 2. The van der Waals surface area contributed by atoms with E-state index in [4.69, 9.17) is 0 Å². The van der Waals surface area contributed by atoms with Crippen LogP contribution in [0.1, 0.15) is 55.7 Å². The van der Waals surface area contributed by atoms with E-state index in [1.807, 2.05) is 0 Å². The zero-order valence-electron chi connectivity index (χ0n) is 41.7. The zero-order valence-corrected chi connectivity index (χ0v) is 41.7. The summed E-state index contributed by atoms with van der Waals surface area (Å²) in [6, 6.07) is 10.7. The molecule has 0 radical (unpaired) electrons. The minimum atomic E-state index is -2.78. The molecule has 0 aliphatic carbocycles. The van der Waals surface area contributed by atoms with Gasteiger partial charge in [0, 0.05) is 102 Å². The second kappa shape index (κ2) is 31.6. The summed E-state index contributed by atoms with van der Waals surface area (Å²) < 4.78 is 117. The highest BCUT2D eigenvalue weighted by Gasteiger charge is 2.43. The quantitative estimate of drug-likeness (QED) is 0.152. The van der Waals surface area contributed by atoms with Crippen LogP contribution in [0.5, 0.6) is 0 Å². The number of carbonyl (C=O) groups is 2. The van der Waals surface area contributed by atoms with E-state index in [-0.39, 0.29) is 50.7 Å². The van der Waals surface area contributed by atoms with Crippen molar-refractivity contribution in [3.05, 3.63) is 71.3 Å². The van der Waals surface area contributed by atoms with E-state index in [1.165, 1.54) is 6.92 Å². The standard InChI is InChI=1S/C13H15F2NO3.C12H14F3NO2.C8H13F2NO3.2C8H16FNO2/c14-12(15)9-6-16(7-10(17)11(9)18)13(19)8-4-2-1-3-5-8;13-7-1-6(2-8(14)3-7)11(15)9-4-16-5-10(17)12(9)18;1-4(12)11-2-5(8(9)10)7(14)6(13)3-11;2*1-2-6(9)5-3-10-4-7(11)8(5)12/h1-5,9-12,17-18H,6-7H2;1-3,9-12,16-18H,4-5H2;5-8,13-14H,2-3H2,1H3;2*5-8,10-12H,2-4H2,1H3/t9-,10+,11+;9-,10-,11?,12-;5-,6+,7+;5-,6+,7-,8-;5-,6-,7-,8-/m01011/s1. The van der Waals surface area contributed by atoms with Gasteiger partial charge in [-0.25, -0.2) is 39.5 Å². The molecule has 7 rings (SSSR count). The van der Waals surface area contributed by atoms with Crippen LogP contribution in [0.3, 0.4) is 0 Å². The van der Waals surface area contributed by atoms with Crippen LogP contribution < -0.4 is 16.0 Å². The molecule has 2 aromatic carbocycles. The summed E-state index contributed by atoms with van der Waals surface area (Å²) in [5.41, 5.74) is 0.201. The second-order valence-corrected chi connectivity index (χ2v) is 19.2. The van der Waals surface area contributed by atoms with Gasteiger partial charge in [0.2, 0.25) is 18.8 Å². The normalized spacial score (nSPS) is 33.1. The van der Waals surface area contributed by atoms with Crippen molar-refractivity contribution >= 4 is 11.8 Å². The molecule has 0 saturated carbocycles. The molecule has 26 heteroatoms. The monoisotopic (exact) mass is 1100 g/mol. The van der Waals surface area contributed by atoms with Crippen LogP contribution in [0.4, 0.5) is 39.5 Å². The van der Waals surface area contributed by atoms with Gasteiger partial charge in [-0.3, -0.25) is 9.59 Å². The predicted octanol–water partition coefficient (Wildman–Crippen LogP) is 0.465. The number of carbonyl (C=O) groups excluding carboxylic acids is 2. The maximum absolute atomic E-state index is 14.2. The van der Waals surface area contributed by atoms with Gasteiger partial charge in [-0.15, -0.1) is 0 Å². The third-order valence-corrected chi connectivity index (χ3v) is 13.7. The summed E-state index contributed by atoms with van der Waals surface area (Å²) in [4.78, 5) is 25.3. The van der Waals surface area contributed by atoms with Gasteiger partial charge in [0.05, 0.1) is 72.9 Å². The molecule has 75 heavy (non-hydrogen) atoms. The highest BCUT2D eigenvalue weighted by molar-refractivity contribution is 5.94. The summed E-state index contributed by atoms with van der Waals surface area (Å²) in [5.74, 6) is -7.16. The third-order valence-electron chi connectivity index (χ3n) is 13.7. The van der Waals surface area contributed by atoms with Crippen molar-refractivity contribution in [1.29, 1.82) is 0 Å². The molecule has 5 saturated heterocycles. The maximum atomic E-state index is 14.2.